The predicted octanol–water partition coefficient (Wildman–Crippen LogP) is 2.16. The van der Waals surface area contributed by atoms with Crippen LogP contribution in [-0.2, 0) is 4.74 Å². The number of ether oxygens (including phenoxy) is 1. The number of hydrogen-bond donors (Lipinski definition) is 2. The maximum atomic E-state index is 13.6. The number of aliphatic hydroxyl groups is 1. The zero-order valence-corrected chi connectivity index (χ0v) is 11.0. The van der Waals surface area contributed by atoms with Crippen molar-refractivity contribution in [1.82, 2.24) is 5.32 Å². The van der Waals surface area contributed by atoms with Gasteiger partial charge in [0.1, 0.15) is 11.6 Å². The highest BCUT2D eigenvalue weighted by molar-refractivity contribution is 5.22. The van der Waals surface area contributed by atoms with Gasteiger partial charge in [-0.3, -0.25) is 0 Å². The summed E-state index contributed by atoms with van der Waals surface area (Å²) in [6.45, 7) is 3.01. The van der Waals surface area contributed by atoms with Crippen molar-refractivity contribution in [2.45, 2.75) is 31.4 Å². The molecule has 0 amide bonds. The van der Waals surface area contributed by atoms with Gasteiger partial charge in [0.25, 0.3) is 0 Å². The molecule has 0 spiro atoms. The van der Waals surface area contributed by atoms with Gasteiger partial charge < -0.3 is 15.2 Å². The van der Waals surface area contributed by atoms with E-state index in [4.69, 9.17) is 4.74 Å². The maximum absolute atomic E-state index is 13.6. The predicted molar refractivity (Wildman–Crippen MR) is 67.8 cm³/mol. The van der Waals surface area contributed by atoms with E-state index in [-0.39, 0.29) is 5.56 Å². The van der Waals surface area contributed by atoms with Gasteiger partial charge in [-0.05, 0) is 19.1 Å². The second-order valence-electron chi connectivity index (χ2n) is 5.07. The molecule has 1 unspecified atom stereocenters. The Hall–Kier alpha value is -1.04. The zero-order valence-electron chi connectivity index (χ0n) is 11.0. The zero-order chi connectivity index (χ0) is 13.9. The standard InChI is InChI=1S/C14H19F2NO2/c1-10(13-11(15)3-2-4-12(13)16)17-9-14(18)5-7-19-8-6-14/h2-4,10,17-18H,5-9H2,1H3. The summed E-state index contributed by atoms with van der Waals surface area (Å²) in [7, 11) is 0. The molecule has 0 saturated carbocycles. The lowest BCUT2D eigenvalue weighted by Crippen LogP contribution is -2.45. The molecule has 1 fully saturated rings. The van der Waals surface area contributed by atoms with Crippen LogP contribution in [-0.4, -0.2) is 30.5 Å². The molecule has 3 nitrogen and oxygen atoms in total. The summed E-state index contributed by atoms with van der Waals surface area (Å²) in [5, 5.41) is 13.3. The van der Waals surface area contributed by atoms with Crippen LogP contribution in [0, 0.1) is 11.6 Å². The van der Waals surface area contributed by atoms with E-state index in [9.17, 15) is 13.9 Å². The number of benzene rings is 1. The van der Waals surface area contributed by atoms with Crippen molar-refractivity contribution in [2.24, 2.45) is 0 Å². The highest BCUT2D eigenvalue weighted by atomic mass is 19.1. The molecule has 1 heterocycles. The molecule has 1 atom stereocenters. The molecule has 2 rings (SSSR count). The smallest absolute Gasteiger partial charge is 0.130 e. The summed E-state index contributed by atoms with van der Waals surface area (Å²) in [6, 6.07) is 3.32. The van der Waals surface area contributed by atoms with E-state index < -0.39 is 23.3 Å². The molecule has 106 valence electrons. The first-order valence-electron chi connectivity index (χ1n) is 6.49. The number of halogens is 2. The molecule has 0 radical (unpaired) electrons. The van der Waals surface area contributed by atoms with E-state index in [1.165, 1.54) is 18.2 Å². The molecule has 0 aromatic heterocycles. The van der Waals surface area contributed by atoms with Crippen molar-refractivity contribution in [3.8, 4) is 0 Å². The molecule has 0 aliphatic carbocycles. The monoisotopic (exact) mass is 271 g/mol. The second kappa shape index (κ2) is 5.94. The van der Waals surface area contributed by atoms with Crippen molar-refractivity contribution >= 4 is 0 Å². The highest BCUT2D eigenvalue weighted by Crippen LogP contribution is 2.23. The Balaban J connectivity index is 1.99. The second-order valence-corrected chi connectivity index (χ2v) is 5.07. The van der Waals surface area contributed by atoms with Crippen LogP contribution >= 0.6 is 0 Å². The van der Waals surface area contributed by atoms with Gasteiger partial charge in [0.15, 0.2) is 0 Å². The average molecular weight is 271 g/mol. The maximum Gasteiger partial charge on any atom is 0.130 e. The third-order valence-corrected chi connectivity index (χ3v) is 3.59. The molecule has 2 N–H and O–H groups in total. The van der Waals surface area contributed by atoms with Gasteiger partial charge in [-0.15, -0.1) is 0 Å². The Morgan fingerprint density at radius 1 is 1.32 bits per heavy atom. The Morgan fingerprint density at radius 2 is 1.89 bits per heavy atom. The molecule has 0 bridgehead atoms. The fourth-order valence-corrected chi connectivity index (χ4v) is 2.30. The minimum Gasteiger partial charge on any atom is -0.388 e. The van der Waals surface area contributed by atoms with Gasteiger partial charge in [-0.2, -0.15) is 0 Å². The first-order valence-corrected chi connectivity index (χ1v) is 6.49. The average Bonchev–Trinajstić information content (AvgIpc) is 2.37. The van der Waals surface area contributed by atoms with Gasteiger partial charge in [-0.25, -0.2) is 8.78 Å². The molecular weight excluding hydrogens is 252 g/mol. The molecule has 1 aromatic rings. The van der Waals surface area contributed by atoms with Gasteiger partial charge in [0, 0.05) is 44.2 Å². The van der Waals surface area contributed by atoms with Crippen LogP contribution in [0.3, 0.4) is 0 Å². The van der Waals surface area contributed by atoms with E-state index in [2.05, 4.69) is 5.32 Å². The normalized spacial score (nSPS) is 20.2. The number of nitrogens with one attached hydrogen (secondary N) is 1. The number of rotatable bonds is 4. The highest BCUT2D eigenvalue weighted by Gasteiger charge is 2.30. The Labute approximate surface area is 111 Å². The summed E-state index contributed by atoms with van der Waals surface area (Å²) in [5.74, 6) is -1.14. The molecule has 1 aliphatic heterocycles. The van der Waals surface area contributed by atoms with Gasteiger partial charge in [-0.1, -0.05) is 6.07 Å². The summed E-state index contributed by atoms with van der Waals surface area (Å²) in [4.78, 5) is 0. The molecule has 1 aromatic carbocycles. The Bertz CT molecular complexity index is 413. The van der Waals surface area contributed by atoms with Crippen LogP contribution < -0.4 is 5.32 Å². The molecule has 19 heavy (non-hydrogen) atoms. The fourth-order valence-electron chi connectivity index (χ4n) is 2.30. The van der Waals surface area contributed by atoms with Crippen molar-refractivity contribution in [1.29, 1.82) is 0 Å². The lowest BCUT2D eigenvalue weighted by Gasteiger charge is -2.33. The first-order chi connectivity index (χ1) is 9.02. The van der Waals surface area contributed by atoms with E-state index >= 15 is 0 Å². The third-order valence-electron chi connectivity index (χ3n) is 3.59. The van der Waals surface area contributed by atoms with Crippen LogP contribution in [0.25, 0.3) is 0 Å². The summed E-state index contributed by atoms with van der Waals surface area (Å²) < 4.78 is 32.4. The number of hydrogen-bond acceptors (Lipinski definition) is 3. The van der Waals surface area contributed by atoms with Crippen molar-refractivity contribution in [3.05, 3.63) is 35.4 Å². The van der Waals surface area contributed by atoms with Crippen LogP contribution in [0.1, 0.15) is 31.4 Å². The topological polar surface area (TPSA) is 41.5 Å². The quantitative estimate of drug-likeness (QED) is 0.881. The van der Waals surface area contributed by atoms with Gasteiger partial charge in [0.05, 0.1) is 5.60 Å². The first kappa shape index (κ1) is 14.4. The van der Waals surface area contributed by atoms with Crippen LogP contribution in [0.4, 0.5) is 8.78 Å². The Morgan fingerprint density at radius 3 is 2.47 bits per heavy atom. The minimum absolute atomic E-state index is 0.0122. The van der Waals surface area contributed by atoms with Crippen molar-refractivity contribution in [3.63, 3.8) is 0 Å². The lowest BCUT2D eigenvalue weighted by molar-refractivity contribution is -0.0626. The third kappa shape index (κ3) is 3.49. The van der Waals surface area contributed by atoms with Gasteiger partial charge in [0.2, 0.25) is 0 Å². The minimum atomic E-state index is -0.853. The van der Waals surface area contributed by atoms with Crippen molar-refractivity contribution in [2.75, 3.05) is 19.8 Å². The van der Waals surface area contributed by atoms with E-state index in [1.807, 2.05) is 0 Å². The SMILES string of the molecule is CC(NCC1(O)CCOCC1)c1c(F)cccc1F. The summed E-state index contributed by atoms with van der Waals surface area (Å²) in [6.07, 6.45) is 1.07. The lowest BCUT2D eigenvalue weighted by atomic mass is 9.93. The largest absolute Gasteiger partial charge is 0.388 e. The van der Waals surface area contributed by atoms with Gasteiger partial charge >= 0.3 is 0 Å². The summed E-state index contributed by atoms with van der Waals surface area (Å²) in [5.41, 5.74) is -0.841. The van der Waals surface area contributed by atoms with Crippen molar-refractivity contribution < 1.29 is 18.6 Å². The molecule has 5 heteroatoms. The van der Waals surface area contributed by atoms with E-state index in [1.54, 1.807) is 6.92 Å². The molecule has 1 saturated heterocycles. The Kier molecular flexibility index (Phi) is 4.50. The molecular formula is C14H19F2NO2. The summed E-state index contributed by atoms with van der Waals surface area (Å²) >= 11 is 0. The van der Waals surface area contributed by atoms with E-state index in [0.29, 0.717) is 32.6 Å². The van der Waals surface area contributed by atoms with Crippen LogP contribution in [0.5, 0.6) is 0 Å². The fraction of sp³-hybridized carbons (Fsp3) is 0.571. The van der Waals surface area contributed by atoms with Crippen LogP contribution in [0.15, 0.2) is 18.2 Å². The molecule has 1 aliphatic rings. The van der Waals surface area contributed by atoms with Crippen LogP contribution in [0.2, 0.25) is 0 Å². The van der Waals surface area contributed by atoms with E-state index in [0.717, 1.165) is 0 Å².